The molecule has 27 heavy (non-hydrogen) atoms. The monoisotopic (exact) mass is 381 g/mol. The molecule has 0 fully saturated rings. The number of nitrogens with zero attached hydrogens (tertiary/aromatic N) is 2. The first kappa shape index (κ1) is 21.0. The molecule has 1 aromatic carbocycles. The molecule has 0 aliphatic rings. The number of rotatable bonds is 7. The third-order valence-electron chi connectivity index (χ3n) is 4.06. The van der Waals surface area contributed by atoms with Gasteiger partial charge in [-0.25, -0.2) is 4.98 Å². The molecule has 1 amide bonds. The summed E-state index contributed by atoms with van der Waals surface area (Å²) in [5, 5.41) is 12.7. The molecule has 0 spiro atoms. The molecule has 0 radical (unpaired) electrons. The zero-order valence-electron chi connectivity index (χ0n) is 16.7. The number of thioether (sulfide) groups is 1. The van der Waals surface area contributed by atoms with Crippen LogP contribution in [0.25, 0.3) is 0 Å². The van der Waals surface area contributed by atoms with Gasteiger partial charge < -0.3 is 5.32 Å². The first-order valence-electron chi connectivity index (χ1n) is 9.28. The van der Waals surface area contributed by atoms with E-state index in [1.165, 1.54) is 11.8 Å². The van der Waals surface area contributed by atoms with Gasteiger partial charge in [0.2, 0.25) is 5.91 Å². The number of benzene rings is 1. The maximum absolute atomic E-state index is 12.8. The summed E-state index contributed by atoms with van der Waals surface area (Å²) in [6.45, 7) is 10.3. The van der Waals surface area contributed by atoms with Crippen LogP contribution < -0.4 is 5.32 Å². The molecule has 4 nitrogen and oxygen atoms in total. The number of nitrogens with one attached hydrogen (secondary N) is 1. The van der Waals surface area contributed by atoms with Crippen LogP contribution in [-0.2, 0) is 11.2 Å². The average molecular weight is 382 g/mol. The Balaban J connectivity index is 2.20. The van der Waals surface area contributed by atoms with Crippen molar-refractivity contribution in [2.75, 3.05) is 5.32 Å². The second-order valence-electron chi connectivity index (χ2n) is 7.25. The highest BCUT2D eigenvalue weighted by atomic mass is 32.2. The lowest BCUT2D eigenvalue weighted by atomic mass is 10.1. The number of aromatic nitrogens is 1. The van der Waals surface area contributed by atoms with Crippen molar-refractivity contribution in [3.63, 3.8) is 0 Å². The fraction of sp³-hybridized carbons (Fsp3) is 0.409. The largest absolute Gasteiger partial charge is 0.325 e. The molecule has 5 heteroatoms. The van der Waals surface area contributed by atoms with Gasteiger partial charge >= 0.3 is 0 Å². The van der Waals surface area contributed by atoms with Crippen LogP contribution in [0.1, 0.15) is 49.6 Å². The summed E-state index contributed by atoms with van der Waals surface area (Å²) < 4.78 is 0. The number of aryl methyl sites for hydroxylation is 2. The Morgan fingerprint density at radius 1 is 1.22 bits per heavy atom. The van der Waals surface area contributed by atoms with E-state index < -0.39 is 0 Å². The third kappa shape index (κ3) is 6.11. The van der Waals surface area contributed by atoms with Crippen LogP contribution in [0.5, 0.6) is 0 Å². The highest BCUT2D eigenvalue weighted by Gasteiger charge is 2.21. The van der Waals surface area contributed by atoms with E-state index in [4.69, 9.17) is 0 Å². The lowest BCUT2D eigenvalue weighted by molar-refractivity contribution is -0.115. The molecule has 1 N–H and O–H groups in total. The molecule has 0 aliphatic heterocycles. The molecule has 1 unspecified atom stereocenters. The number of carbonyl (C=O) groups is 1. The topological polar surface area (TPSA) is 65.8 Å². The van der Waals surface area contributed by atoms with Crippen molar-refractivity contribution in [3.05, 3.63) is 52.7 Å². The van der Waals surface area contributed by atoms with Crippen LogP contribution in [0.4, 0.5) is 5.69 Å². The summed E-state index contributed by atoms with van der Waals surface area (Å²) in [5.74, 6) is 0.422. The quantitative estimate of drug-likeness (QED) is 0.663. The van der Waals surface area contributed by atoms with Gasteiger partial charge in [0.25, 0.3) is 0 Å². The van der Waals surface area contributed by atoms with Gasteiger partial charge in [-0.1, -0.05) is 38.6 Å². The molecule has 2 aromatic rings. The van der Waals surface area contributed by atoms with Crippen molar-refractivity contribution < 1.29 is 4.79 Å². The van der Waals surface area contributed by atoms with Gasteiger partial charge in [-0.05, 0) is 68.0 Å². The fourth-order valence-electron chi connectivity index (χ4n) is 2.91. The van der Waals surface area contributed by atoms with Crippen molar-refractivity contribution in [1.82, 2.24) is 4.98 Å². The second kappa shape index (κ2) is 9.57. The van der Waals surface area contributed by atoms with Crippen LogP contribution in [0.3, 0.4) is 0 Å². The van der Waals surface area contributed by atoms with Gasteiger partial charge in [0.1, 0.15) is 11.1 Å². The van der Waals surface area contributed by atoms with Gasteiger partial charge in [-0.3, -0.25) is 4.79 Å². The molecule has 0 saturated carbocycles. The molecule has 0 aliphatic carbocycles. The Bertz CT molecular complexity index is 835. The van der Waals surface area contributed by atoms with E-state index in [0.717, 1.165) is 28.9 Å². The average Bonchev–Trinajstić information content (AvgIpc) is 2.58. The van der Waals surface area contributed by atoms with Gasteiger partial charge in [-0.15, -0.1) is 0 Å². The first-order valence-corrected chi connectivity index (χ1v) is 10.2. The van der Waals surface area contributed by atoms with Crippen LogP contribution in [0.2, 0.25) is 0 Å². The molecule has 0 bridgehead atoms. The lowest BCUT2D eigenvalue weighted by Crippen LogP contribution is -2.25. The number of amides is 1. The van der Waals surface area contributed by atoms with E-state index in [0.29, 0.717) is 22.9 Å². The van der Waals surface area contributed by atoms with Crippen LogP contribution in [0.15, 0.2) is 35.4 Å². The summed E-state index contributed by atoms with van der Waals surface area (Å²) in [6, 6.07) is 11.9. The number of pyridine rings is 1. The van der Waals surface area contributed by atoms with Crippen LogP contribution in [0, 0.1) is 31.1 Å². The SMILES string of the molecule is CCC(Sc1nc(CC(C)C)ccc1C#N)C(=O)Nc1cc(C)cc(C)c1. The predicted octanol–water partition coefficient (Wildman–Crippen LogP) is 5.28. The summed E-state index contributed by atoms with van der Waals surface area (Å²) in [6.07, 6.45) is 1.51. The zero-order chi connectivity index (χ0) is 20.0. The predicted molar refractivity (Wildman–Crippen MR) is 112 cm³/mol. The van der Waals surface area contributed by atoms with Gasteiger partial charge in [-0.2, -0.15) is 5.26 Å². The Labute approximate surface area is 166 Å². The van der Waals surface area contributed by atoms with Gasteiger partial charge in [0.05, 0.1) is 10.8 Å². The van der Waals surface area contributed by atoms with Crippen LogP contribution >= 0.6 is 11.8 Å². The second-order valence-corrected chi connectivity index (χ2v) is 8.44. The molecule has 1 atom stereocenters. The van der Waals surface area contributed by atoms with Gasteiger partial charge in [0, 0.05) is 11.4 Å². The zero-order valence-corrected chi connectivity index (χ0v) is 17.5. The molecule has 1 heterocycles. The minimum absolute atomic E-state index is 0.0625. The highest BCUT2D eigenvalue weighted by Crippen LogP contribution is 2.28. The Kier molecular flexibility index (Phi) is 7.44. The van der Waals surface area contributed by atoms with E-state index in [-0.39, 0.29) is 11.2 Å². The number of hydrogen-bond donors (Lipinski definition) is 1. The number of anilines is 1. The maximum Gasteiger partial charge on any atom is 0.237 e. The molecule has 0 saturated heterocycles. The number of carbonyl (C=O) groups excluding carboxylic acids is 1. The smallest absolute Gasteiger partial charge is 0.237 e. The van der Waals surface area contributed by atoms with Crippen molar-refractivity contribution in [2.24, 2.45) is 5.92 Å². The van der Waals surface area contributed by atoms with Crippen molar-refractivity contribution in [2.45, 2.75) is 57.7 Å². The Morgan fingerprint density at radius 2 is 1.89 bits per heavy atom. The number of hydrogen-bond acceptors (Lipinski definition) is 4. The summed E-state index contributed by atoms with van der Waals surface area (Å²) in [7, 11) is 0. The Hall–Kier alpha value is -2.32. The molecular weight excluding hydrogens is 354 g/mol. The standard InChI is InChI=1S/C22H27N3OS/c1-6-20(21(26)24-19-11-15(4)10-16(5)12-19)27-22-17(13-23)7-8-18(25-22)9-14(2)3/h7-8,10-12,14,20H,6,9H2,1-5H3,(H,24,26). The molecule has 1 aromatic heterocycles. The maximum atomic E-state index is 12.8. The summed E-state index contributed by atoms with van der Waals surface area (Å²) in [5.41, 5.74) is 4.50. The summed E-state index contributed by atoms with van der Waals surface area (Å²) in [4.78, 5) is 17.4. The van der Waals surface area contributed by atoms with E-state index in [1.54, 1.807) is 0 Å². The van der Waals surface area contributed by atoms with Crippen molar-refractivity contribution in [1.29, 1.82) is 5.26 Å². The van der Waals surface area contributed by atoms with Crippen LogP contribution in [-0.4, -0.2) is 16.1 Å². The van der Waals surface area contributed by atoms with E-state index in [1.807, 2.05) is 45.0 Å². The highest BCUT2D eigenvalue weighted by molar-refractivity contribution is 8.00. The fourth-order valence-corrected chi connectivity index (χ4v) is 3.92. The van der Waals surface area contributed by atoms with E-state index >= 15 is 0 Å². The number of nitriles is 1. The van der Waals surface area contributed by atoms with Gasteiger partial charge in [0.15, 0.2) is 0 Å². The summed E-state index contributed by atoms with van der Waals surface area (Å²) >= 11 is 1.37. The third-order valence-corrected chi connectivity index (χ3v) is 5.43. The Morgan fingerprint density at radius 3 is 2.44 bits per heavy atom. The van der Waals surface area contributed by atoms with E-state index in [2.05, 4.69) is 36.3 Å². The molecule has 142 valence electrons. The van der Waals surface area contributed by atoms with Crippen molar-refractivity contribution >= 4 is 23.4 Å². The molecular formula is C22H27N3OS. The van der Waals surface area contributed by atoms with E-state index in [9.17, 15) is 10.1 Å². The molecule has 2 rings (SSSR count). The van der Waals surface area contributed by atoms with Crippen molar-refractivity contribution in [3.8, 4) is 6.07 Å². The first-order chi connectivity index (χ1) is 12.8. The minimum atomic E-state index is -0.306. The lowest BCUT2D eigenvalue weighted by Gasteiger charge is -2.16. The minimum Gasteiger partial charge on any atom is -0.325 e. The normalized spacial score (nSPS) is 11.9.